The van der Waals surface area contributed by atoms with E-state index in [4.69, 9.17) is 4.43 Å². The molecule has 2 N–H and O–H groups in total. The lowest BCUT2D eigenvalue weighted by atomic mass is 9.80. The first-order chi connectivity index (χ1) is 7.65. The minimum absolute atomic E-state index is 0.0838. The summed E-state index contributed by atoms with van der Waals surface area (Å²) >= 11 is 0. The molecule has 1 aromatic carbocycles. The van der Waals surface area contributed by atoms with Crippen LogP contribution < -0.4 is 9.89 Å². The highest BCUT2D eigenvalue weighted by molar-refractivity contribution is 6.75. The Morgan fingerprint density at radius 3 is 2.12 bits per heavy atom. The Labute approximate surface area is 105 Å². The second-order valence-electron chi connectivity index (χ2n) is 5.77. The molecular formula is C12H21BO3Si. The summed E-state index contributed by atoms with van der Waals surface area (Å²) in [6.07, 6.45) is 0. The van der Waals surface area contributed by atoms with Gasteiger partial charge in [0.15, 0.2) is 0 Å². The summed E-state index contributed by atoms with van der Waals surface area (Å²) < 4.78 is 6.08. The molecule has 0 unspecified atom stereocenters. The van der Waals surface area contributed by atoms with Crippen LogP contribution in [-0.2, 0) is 0 Å². The maximum Gasteiger partial charge on any atom is 0.492 e. The van der Waals surface area contributed by atoms with Gasteiger partial charge in [-0.2, -0.15) is 0 Å². The van der Waals surface area contributed by atoms with Gasteiger partial charge in [-0.25, -0.2) is 0 Å². The average molecular weight is 252 g/mol. The van der Waals surface area contributed by atoms with E-state index in [2.05, 4.69) is 33.9 Å². The van der Waals surface area contributed by atoms with E-state index in [1.807, 2.05) is 6.07 Å². The molecule has 0 radical (unpaired) electrons. The van der Waals surface area contributed by atoms with Gasteiger partial charge in [0, 0.05) is 5.46 Å². The van der Waals surface area contributed by atoms with Gasteiger partial charge in [-0.3, -0.25) is 0 Å². The Morgan fingerprint density at radius 1 is 1.12 bits per heavy atom. The number of hydrogen-bond acceptors (Lipinski definition) is 3. The molecule has 94 valence electrons. The molecule has 0 fully saturated rings. The molecule has 0 aliphatic rings. The van der Waals surface area contributed by atoms with Crippen molar-refractivity contribution in [3.8, 4) is 5.75 Å². The van der Waals surface area contributed by atoms with Crippen LogP contribution in [0.5, 0.6) is 5.75 Å². The molecule has 1 aromatic rings. The lowest BCUT2D eigenvalue weighted by molar-refractivity contribution is 0.422. The number of hydrogen-bond donors (Lipinski definition) is 2. The summed E-state index contributed by atoms with van der Waals surface area (Å²) in [5.41, 5.74) is 0.428. The van der Waals surface area contributed by atoms with E-state index in [-0.39, 0.29) is 5.04 Å². The lowest BCUT2D eigenvalue weighted by Crippen LogP contribution is -2.46. The van der Waals surface area contributed by atoms with Gasteiger partial charge in [0.05, 0.1) is 0 Å². The van der Waals surface area contributed by atoms with Crippen LogP contribution in [0.4, 0.5) is 0 Å². The van der Waals surface area contributed by atoms with E-state index < -0.39 is 15.4 Å². The van der Waals surface area contributed by atoms with E-state index in [0.717, 1.165) is 0 Å². The Hall–Kier alpha value is -0.778. The minimum Gasteiger partial charge on any atom is -0.544 e. The molecule has 1 rings (SSSR count). The normalized spacial score (nSPS) is 12.4. The lowest BCUT2D eigenvalue weighted by Gasteiger charge is -2.37. The van der Waals surface area contributed by atoms with Crippen LogP contribution in [0.15, 0.2) is 24.3 Å². The van der Waals surface area contributed by atoms with E-state index in [9.17, 15) is 10.0 Å². The van der Waals surface area contributed by atoms with Gasteiger partial charge in [0.2, 0.25) is 8.32 Å². The Bertz CT molecular complexity index is 386. The Morgan fingerprint density at radius 2 is 1.65 bits per heavy atom. The highest BCUT2D eigenvalue weighted by Crippen LogP contribution is 2.36. The van der Waals surface area contributed by atoms with Crippen LogP contribution in [-0.4, -0.2) is 25.5 Å². The third-order valence-corrected chi connectivity index (χ3v) is 7.71. The fraction of sp³-hybridized carbons (Fsp3) is 0.500. The van der Waals surface area contributed by atoms with Gasteiger partial charge in [-0.15, -0.1) is 0 Å². The SMILES string of the molecule is CC(C)(C)[Si](C)(C)Oc1ccccc1B(O)O. The fourth-order valence-corrected chi connectivity index (χ4v) is 2.26. The smallest absolute Gasteiger partial charge is 0.492 e. The van der Waals surface area contributed by atoms with E-state index in [0.29, 0.717) is 11.2 Å². The average Bonchev–Trinajstić information content (AvgIpc) is 2.15. The van der Waals surface area contributed by atoms with Crippen LogP contribution in [0.25, 0.3) is 0 Å². The van der Waals surface area contributed by atoms with Crippen molar-refractivity contribution in [2.24, 2.45) is 0 Å². The summed E-state index contributed by atoms with van der Waals surface area (Å²) in [7, 11) is -3.44. The summed E-state index contributed by atoms with van der Waals surface area (Å²) in [4.78, 5) is 0. The molecule has 0 aliphatic heterocycles. The van der Waals surface area contributed by atoms with E-state index in [1.54, 1.807) is 18.2 Å². The topological polar surface area (TPSA) is 49.7 Å². The minimum atomic E-state index is -1.95. The summed E-state index contributed by atoms with van der Waals surface area (Å²) in [5.74, 6) is 0.578. The third-order valence-electron chi connectivity index (χ3n) is 3.37. The van der Waals surface area contributed by atoms with Crippen LogP contribution in [0.1, 0.15) is 20.8 Å². The maximum absolute atomic E-state index is 9.30. The largest absolute Gasteiger partial charge is 0.544 e. The first-order valence-electron chi connectivity index (χ1n) is 5.79. The van der Waals surface area contributed by atoms with E-state index in [1.165, 1.54) is 0 Å². The zero-order valence-electron chi connectivity index (χ0n) is 11.2. The quantitative estimate of drug-likeness (QED) is 0.806. The molecule has 0 aromatic heterocycles. The molecule has 0 heterocycles. The van der Waals surface area contributed by atoms with Crippen LogP contribution >= 0.6 is 0 Å². The van der Waals surface area contributed by atoms with Crippen molar-refractivity contribution in [2.75, 3.05) is 0 Å². The molecule has 0 amide bonds. The van der Waals surface area contributed by atoms with Crippen LogP contribution in [0, 0.1) is 0 Å². The van der Waals surface area contributed by atoms with E-state index >= 15 is 0 Å². The molecule has 0 saturated carbocycles. The Kier molecular flexibility index (Phi) is 4.07. The number of rotatable bonds is 3. The van der Waals surface area contributed by atoms with Crippen molar-refractivity contribution < 1.29 is 14.5 Å². The van der Waals surface area contributed by atoms with Crippen molar-refractivity contribution in [3.63, 3.8) is 0 Å². The van der Waals surface area contributed by atoms with Gasteiger partial charge >= 0.3 is 7.12 Å². The fourth-order valence-electron chi connectivity index (χ4n) is 1.21. The van der Waals surface area contributed by atoms with Crippen molar-refractivity contribution in [2.45, 2.75) is 38.9 Å². The predicted molar refractivity (Wildman–Crippen MR) is 74.1 cm³/mol. The van der Waals surface area contributed by atoms with Gasteiger partial charge in [-0.05, 0) is 24.2 Å². The molecule has 0 bridgehead atoms. The molecule has 5 heteroatoms. The van der Waals surface area contributed by atoms with Crippen molar-refractivity contribution in [1.82, 2.24) is 0 Å². The second-order valence-corrected chi connectivity index (χ2v) is 10.5. The summed E-state index contributed by atoms with van der Waals surface area (Å²) in [6.45, 7) is 10.7. The molecule has 17 heavy (non-hydrogen) atoms. The molecule has 0 spiro atoms. The molecule has 0 saturated heterocycles. The predicted octanol–water partition coefficient (Wildman–Crippen LogP) is 1.75. The number of para-hydroxylation sites is 1. The zero-order valence-corrected chi connectivity index (χ0v) is 12.2. The second kappa shape index (κ2) is 4.84. The monoisotopic (exact) mass is 252 g/mol. The molecule has 3 nitrogen and oxygen atoms in total. The highest BCUT2D eigenvalue weighted by atomic mass is 28.4. The standard InChI is InChI=1S/C12H21BO3Si/c1-12(2,3)17(4,5)16-11-9-7-6-8-10(11)13(14)15/h6-9,14-15H,1-5H3. The summed E-state index contributed by atoms with van der Waals surface area (Å²) in [5, 5.41) is 18.7. The molecule has 0 atom stereocenters. The van der Waals surface area contributed by atoms with Gasteiger partial charge in [0.1, 0.15) is 5.75 Å². The van der Waals surface area contributed by atoms with Gasteiger partial charge in [-0.1, -0.05) is 39.0 Å². The zero-order chi connectivity index (χ0) is 13.3. The van der Waals surface area contributed by atoms with Gasteiger partial charge in [0.25, 0.3) is 0 Å². The van der Waals surface area contributed by atoms with Crippen molar-refractivity contribution in [1.29, 1.82) is 0 Å². The third kappa shape index (κ3) is 3.34. The van der Waals surface area contributed by atoms with Gasteiger partial charge < -0.3 is 14.5 Å². The van der Waals surface area contributed by atoms with Crippen LogP contribution in [0.2, 0.25) is 18.1 Å². The maximum atomic E-state index is 9.30. The molecular weight excluding hydrogens is 231 g/mol. The van der Waals surface area contributed by atoms with Crippen molar-refractivity contribution in [3.05, 3.63) is 24.3 Å². The first kappa shape index (κ1) is 14.3. The Balaban J connectivity index is 3.04. The highest BCUT2D eigenvalue weighted by Gasteiger charge is 2.39. The van der Waals surface area contributed by atoms with Crippen LogP contribution in [0.3, 0.4) is 0 Å². The van der Waals surface area contributed by atoms with Crippen molar-refractivity contribution >= 4 is 20.9 Å². The molecule has 0 aliphatic carbocycles. The summed E-state index contributed by atoms with van der Waals surface area (Å²) in [6, 6.07) is 7.07. The first-order valence-corrected chi connectivity index (χ1v) is 8.70. The number of benzene rings is 1.